The van der Waals surface area contributed by atoms with E-state index in [0.717, 1.165) is 17.7 Å². The molecule has 1 heterocycles. The number of anilines is 1. The van der Waals surface area contributed by atoms with Crippen molar-refractivity contribution in [3.05, 3.63) is 29.8 Å². The molecule has 2 unspecified atom stereocenters. The van der Waals surface area contributed by atoms with Crippen LogP contribution in [0.15, 0.2) is 24.3 Å². The standard InChI is InChI=1S/C13H18N2O4/c16-7-12(17)6-14-10-3-1-9(2-4-10)5-11-8-19-13(18)15-11/h1-4,11-12,14,16-17H,5-8H2,(H,15,18). The summed E-state index contributed by atoms with van der Waals surface area (Å²) in [6.07, 6.45) is -0.391. The molecule has 19 heavy (non-hydrogen) atoms. The number of hydrogen-bond acceptors (Lipinski definition) is 5. The molecule has 2 rings (SSSR count). The molecule has 1 fully saturated rings. The summed E-state index contributed by atoms with van der Waals surface area (Å²) >= 11 is 0. The zero-order valence-corrected chi connectivity index (χ0v) is 10.5. The molecule has 0 aliphatic carbocycles. The third-order valence-electron chi connectivity index (χ3n) is 2.93. The molecule has 6 nitrogen and oxygen atoms in total. The summed E-state index contributed by atoms with van der Waals surface area (Å²) in [4.78, 5) is 10.9. The third-order valence-corrected chi connectivity index (χ3v) is 2.93. The second-order valence-electron chi connectivity index (χ2n) is 4.56. The van der Waals surface area contributed by atoms with Crippen molar-refractivity contribution in [1.82, 2.24) is 5.32 Å². The first-order valence-electron chi connectivity index (χ1n) is 6.22. The molecule has 0 spiro atoms. The Balaban J connectivity index is 1.82. The Morgan fingerprint density at radius 2 is 2.16 bits per heavy atom. The Hall–Kier alpha value is -1.79. The summed E-state index contributed by atoms with van der Waals surface area (Å²) in [6, 6.07) is 7.74. The van der Waals surface area contributed by atoms with Crippen LogP contribution in [0.25, 0.3) is 0 Å². The molecule has 1 aliphatic rings. The first-order valence-corrected chi connectivity index (χ1v) is 6.22. The van der Waals surface area contributed by atoms with E-state index in [1.807, 2.05) is 24.3 Å². The first-order chi connectivity index (χ1) is 9.17. The Morgan fingerprint density at radius 1 is 1.42 bits per heavy atom. The number of aliphatic hydroxyl groups is 2. The van der Waals surface area contributed by atoms with Gasteiger partial charge in [-0.25, -0.2) is 4.79 Å². The SMILES string of the molecule is O=C1NC(Cc2ccc(NCC(O)CO)cc2)CO1. The second kappa shape index (κ2) is 6.40. The average molecular weight is 266 g/mol. The van der Waals surface area contributed by atoms with Crippen LogP contribution in [0.2, 0.25) is 0 Å². The van der Waals surface area contributed by atoms with Gasteiger partial charge in [0.05, 0.1) is 18.8 Å². The number of ether oxygens (including phenoxy) is 1. The van der Waals surface area contributed by atoms with E-state index in [1.54, 1.807) is 0 Å². The number of carbonyl (C=O) groups is 1. The van der Waals surface area contributed by atoms with E-state index in [2.05, 4.69) is 10.6 Å². The van der Waals surface area contributed by atoms with Gasteiger partial charge in [-0.3, -0.25) is 0 Å². The zero-order chi connectivity index (χ0) is 13.7. The Kier molecular flexibility index (Phi) is 4.59. The molecule has 104 valence electrons. The fourth-order valence-electron chi connectivity index (χ4n) is 1.88. The number of alkyl carbamates (subject to hydrolysis) is 1. The van der Waals surface area contributed by atoms with Crippen molar-refractivity contribution in [3.8, 4) is 0 Å². The minimum absolute atomic E-state index is 0.0301. The Morgan fingerprint density at radius 3 is 2.74 bits per heavy atom. The number of hydrogen-bond donors (Lipinski definition) is 4. The fraction of sp³-hybridized carbons (Fsp3) is 0.462. The number of benzene rings is 1. The maximum absolute atomic E-state index is 10.9. The molecule has 1 aromatic rings. The zero-order valence-electron chi connectivity index (χ0n) is 10.5. The van der Waals surface area contributed by atoms with Gasteiger partial charge in [0.2, 0.25) is 0 Å². The molecule has 0 saturated carbocycles. The molecular formula is C13H18N2O4. The van der Waals surface area contributed by atoms with Gasteiger partial charge in [0.15, 0.2) is 0 Å². The van der Waals surface area contributed by atoms with Crippen molar-refractivity contribution in [2.24, 2.45) is 0 Å². The number of rotatable bonds is 6. The van der Waals surface area contributed by atoms with Crippen LogP contribution in [0, 0.1) is 0 Å². The van der Waals surface area contributed by atoms with Crippen LogP contribution < -0.4 is 10.6 Å². The third kappa shape index (κ3) is 4.11. The van der Waals surface area contributed by atoms with Gasteiger partial charge < -0.3 is 25.6 Å². The van der Waals surface area contributed by atoms with E-state index >= 15 is 0 Å². The van der Waals surface area contributed by atoms with E-state index in [9.17, 15) is 9.90 Å². The molecular weight excluding hydrogens is 248 g/mol. The molecule has 4 N–H and O–H groups in total. The maximum atomic E-state index is 10.9. The average Bonchev–Trinajstić information content (AvgIpc) is 2.83. The number of amides is 1. The van der Waals surface area contributed by atoms with Gasteiger partial charge in [-0.15, -0.1) is 0 Å². The van der Waals surface area contributed by atoms with Gasteiger partial charge in [-0.05, 0) is 24.1 Å². The predicted molar refractivity (Wildman–Crippen MR) is 70.0 cm³/mol. The van der Waals surface area contributed by atoms with Gasteiger partial charge >= 0.3 is 6.09 Å². The largest absolute Gasteiger partial charge is 0.447 e. The number of carbonyl (C=O) groups excluding carboxylic acids is 1. The van der Waals surface area contributed by atoms with E-state index < -0.39 is 6.10 Å². The van der Waals surface area contributed by atoms with E-state index in [1.165, 1.54) is 0 Å². The van der Waals surface area contributed by atoms with Crippen molar-refractivity contribution in [1.29, 1.82) is 0 Å². The molecule has 0 bridgehead atoms. The van der Waals surface area contributed by atoms with Crippen LogP contribution in [-0.2, 0) is 11.2 Å². The van der Waals surface area contributed by atoms with Crippen molar-refractivity contribution < 1.29 is 19.7 Å². The summed E-state index contributed by atoms with van der Waals surface area (Å²) < 4.78 is 4.82. The van der Waals surface area contributed by atoms with Crippen LogP contribution in [0.3, 0.4) is 0 Å². The van der Waals surface area contributed by atoms with E-state index in [0.29, 0.717) is 13.2 Å². The molecule has 0 aromatic heterocycles. The highest BCUT2D eigenvalue weighted by molar-refractivity contribution is 5.69. The van der Waals surface area contributed by atoms with Gasteiger partial charge in [0, 0.05) is 12.2 Å². The summed E-state index contributed by atoms with van der Waals surface area (Å²) in [5.41, 5.74) is 1.98. The molecule has 1 saturated heterocycles. The van der Waals surface area contributed by atoms with Crippen molar-refractivity contribution in [3.63, 3.8) is 0 Å². The molecule has 1 aromatic carbocycles. The topological polar surface area (TPSA) is 90.8 Å². The maximum Gasteiger partial charge on any atom is 0.407 e. The number of aliphatic hydroxyl groups excluding tert-OH is 2. The molecule has 2 atom stereocenters. The van der Waals surface area contributed by atoms with Gasteiger partial charge in [0.1, 0.15) is 6.61 Å². The fourth-order valence-corrected chi connectivity index (χ4v) is 1.88. The van der Waals surface area contributed by atoms with Crippen LogP contribution in [0.1, 0.15) is 5.56 Å². The smallest absolute Gasteiger partial charge is 0.407 e. The van der Waals surface area contributed by atoms with Crippen molar-refractivity contribution in [2.45, 2.75) is 18.6 Å². The summed E-state index contributed by atoms with van der Waals surface area (Å²) in [6.45, 7) is 0.455. The van der Waals surface area contributed by atoms with Crippen LogP contribution in [0.4, 0.5) is 10.5 Å². The monoisotopic (exact) mass is 266 g/mol. The highest BCUT2D eigenvalue weighted by Crippen LogP contribution is 2.12. The summed E-state index contributed by atoms with van der Waals surface area (Å²) in [7, 11) is 0. The normalized spacial score (nSPS) is 19.7. The molecule has 1 amide bonds. The Bertz CT molecular complexity index is 421. The second-order valence-corrected chi connectivity index (χ2v) is 4.56. The van der Waals surface area contributed by atoms with Crippen LogP contribution >= 0.6 is 0 Å². The molecule has 0 radical (unpaired) electrons. The van der Waals surface area contributed by atoms with Crippen LogP contribution in [0.5, 0.6) is 0 Å². The van der Waals surface area contributed by atoms with Gasteiger partial charge in [0.25, 0.3) is 0 Å². The number of nitrogens with one attached hydrogen (secondary N) is 2. The first kappa shape index (κ1) is 13.6. The molecule has 1 aliphatic heterocycles. The number of cyclic esters (lactones) is 1. The van der Waals surface area contributed by atoms with Crippen molar-refractivity contribution in [2.75, 3.05) is 25.1 Å². The lowest BCUT2D eigenvalue weighted by atomic mass is 10.1. The minimum Gasteiger partial charge on any atom is -0.447 e. The van der Waals surface area contributed by atoms with E-state index in [4.69, 9.17) is 9.84 Å². The summed E-state index contributed by atoms with van der Waals surface area (Å²) in [5, 5.41) is 23.7. The molecule has 6 heteroatoms. The quantitative estimate of drug-likeness (QED) is 0.586. The van der Waals surface area contributed by atoms with Crippen molar-refractivity contribution >= 4 is 11.8 Å². The lowest BCUT2D eigenvalue weighted by molar-refractivity contribution is 0.105. The van der Waals surface area contributed by atoms with Crippen LogP contribution in [-0.4, -0.2) is 48.2 Å². The lowest BCUT2D eigenvalue weighted by Gasteiger charge is -2.11. The van der Waals surface area contributed by atoms with Gasteiger partial charge in [-0.1, -0.05) is 12.1 Å². The van der Waals surface area contributed by atoms with Gasteiger partial charge in [-0.2, -0.15) is 0 Å². The highest BCUT2D eigenvalue weighted by Gasteiger charge is 2.21. The predicted octanol–water partition coefficient (Wildman–Crippen LogP) is 0.103. The Labute approximate surface area is 111 Å². The minimum atomic E-state index is -0.759. The van der Waals surface area contributed by atoms with E-state index in [-0.39, 0.29) is 18.7 Å². The highest BCUT2D eigenvalue weighted by atomic mass is 16.6. The summed E-state index contributed by atoms with van der Waals surface area (Å²) in [5.74, 6) is 0. The lowest BCUT2D eigenvalue weighted by Crippen LogP contribution is -2.28.